The highest BCUT2D eigenvalue weighted by Crippen LogP contribution is 2.18. The van der Waals surface area contributed by atoms with Crippen molar-refractivity contribution in [2.45, 2.75) is 45.4 Å². The van der Waals surface area contributed by atoms with E-state index in [1.54, 1.807) is 0 Å². The molecule has 0 spiro atoms. The molecule has 1 aliphatic rings. The van der Waals surface area contributed by atoms with E-state index >= 15 is 0 Å². The number of benzene rings is 2. The van der Waals surface area contributed by atoms with E-state index in [9.17, 15) is 4.79 Å². The Hall–Kier alpha value is -2.33. The molecule has 4 nitrogen and oxygen atoms in total. The molecule has 0 aliphatic carbocycles. The summed E-state index contributed by atoms with van der Waals surface area (Å²) < 4.78 is 11.6. The Balaban J connectivity index is 1.68. The van der Waals surface area contributed by atoms with E-state index in [0.29, 0.717) is 18.8 Å². The molecular weight excluding hydrogens is 326 g/mol. The highest BCUT2D eigenvalue weighted by Gasteiger charge is 2.27. The van der Waals surface area contributed by atoms with Crippen LogP contribution in [-0.4, -0.2) is 36.2 Å². The highest BCUT2D eigenvalue weighted by molar-refractivity contribution is 5.81. The first-order valence-corrected chi connectivity index (χ1v) is 9.29. The summed E-state index contributed by atoms with van der Waals surface area (Å²) in [6.45, 7) is 5.81. The molecule has 2 aromatic carbocycles. The molecule has 3 rings (SSSR count). The second kappa shape index (κ2) is 8.86. The van der Waals surface area contributed by atoms with Crippen molar-refractivity contribution < 1.29 is 14.3 Å². The lowest BCUT2D eigenvalue weighted by molar-refractivity contribution is -0.140. The summed E-state index contributed by atoms with van der Waals surface area (Å²) in [7, 11) is 0. The SMILES string of the molecule is Cc1ccc(OC(C)C(=O)N(Cc2ccccc2)CC2CCCO2)cc1. The molecule has 1 aliphatic heterocycles. The molecule has 2 unspecified atom stereocenters. The molecule has 0 N–H and O–H groups in total. The maximum absolute atomic E-state index is 13.1. The topological polar surface area (TPSA) is 38.8 Å². The van der Waals surface area contributed by atoms with Gasteiger partial charge in [0.05, 0.1) is 6.10 Å². The van der Waals surface area contributed by atoms with Gasteiger partial charge in [0.25, 0.3) is 5.91 Å². The first-order valence-electron chi connectivity index (χ1n) is 9.29. The Morgan fingerprint density at radius 3 is 2.58 bits per heavy atom. The van der Waals surface area contributed by atoms with Gasteiger partial charge in [-0.25, -0.2) is 0 Å². The summed E-state index contributed by atoms with van der Waals surface area (Å²) in [5, 5.41) is 0. The summed E-state index contributed by atoms with van der Waals surface area (Å²) in [5.74, 6) is 0.707. The van der Waals surface area contributed by atoms with Crippen molar-refractivity contribution in [3.63, 3.8) is 0 Å². The van der Waals surface area contributed by atoms with E-state index in [-0.39, 0.29) is 12.0 Å². The van der Waals surface area contributed by atoms with Gasteiger partial charge in [0, 0.05) is 19.7 Å². The van der Waals surface area contributed by atoms with Crippen molar-refractivity contribution in [1.29, 1.82) is 0 Å². The number of carbonyl (C=O) groups is 1. The van der Waals surface area contributed by atoms with Gasteiger partial charge in [0.2, 0.25) is 0 Å². The summed E-state index contributed by atoms with van der Waals surface area (Å²) in [5.41, 5.74) is 2.28. The van der Waals surface area contributed by atoms with Crippen LogP contribution in [0.5, 0.6) is 5.75 Å². The van der Waals surface area contributed by atoms with Gasteiger partial charge in [0.15, 0.2) is 6.10 Å². The Morgan fingerprint density at radius 2 is 1.92 bits per heavy atom. The second-order valence-electron chi connectivity index (χ2n) is 6.91. The fourth-order valence-corrected chi connectivity index (χ4v) is 3.20. The molecule has 1 amide bonds. The van der Waals surface area contributed by atoms with E-state index in [2.05, 4.69) is 0 Å². The van der Waals surface area contributed by atoms with Crippen molar-refractivity contribution in [3.05, 3.63) is 65.7 Å². The Bertz CT molecular complexity index is 693. The lowest BCUT2D eigenvalue weighted by Gasteiger charge is -2.28. The van der Waals surface area contributed by atoms with Gasteiger partial charge in [-0.1, -0.05) is 48.0 Å². The number of hydrogen-bond donors (Lipinski definition) is 0. The van der Waals surface area contributed by atoms with Crippen LogP contribution in [0.2, 0.25) is 0 Å². The minimum absolute atomic E-state index is 0.00933. The van der Waals surface area contributed by atoms with Crippen molar-refractivity contribution in [2.75, 3.05) is 13.2 Å². The molecule has 1 saturated heterocycles. The predicted molar refractivity (Wildman–Crippen MR) is 102 cm³/mol. The first kappa shape index (κ1) is 18.5. The van der Waals surface area contributed by atoms with Gasteiger partial charge in [-0.05, 0) is 44.4 Å². The van der Waals surface area contributed by atoms with Crippen LogP contribution in [0.25, 0.3) is 0 Å². The molecule has 0 bridgehead atoms. The normalized spacial score (nSPS) is 17.7. The van der Waals surface area contributed by atoms with Gasteiger partial charge < -0.3 is 14.4 Å². The number of nitrogens with zero attached hydrogens (tertiary/aromatic N) is 1. The van der Waals surface area contributed by atoms with Crippen LogP contribution in [-0.2, 0) is 16.1 Å². The summed E-state index contributed by atoms with van der Waals surface area (Å²) in [6.07, 6.45) is 1.65. The predicted octanol–water partition coefficient (Wildman–Crippen LogP) is 3.97. The minimum Gasteiger partial charge on any atom is -0.481 e. The van der Waals surface area contributed by atoms with Gasteiger partial charge in [0.1, 0.15) is 5.75 Å². The molecule has 26 heavy (non-hydrogen) atoms. The largest absolute Gasteiger partial charge is 0.481 e. The molecule has 0 saturated carbocycles. The number of amides is 1. The molecule has 138 valence electrons. The standard InChI is InChI=1S/C22H27NO3/c1-17-10-12-20(13-11-17)26-18(2)22(24)23(16-21-9-6-14-25-21)15-19-7-4-3-5-8-19/h3-5,7-8,10-13,18,21H,6,9,14-16H2,1-2H3. The zero-order chi connectivity index (χ0) is 18.4. The average Bonchev–Trinajstić information content (AvgIpc) is 3.16. The molecular formula is C22H27NO3. The number of carbonyl (C=O) groups excluding carboxylic acids is 1. The summed E-state index contributed by atoms with van der Waals surface area (Å²) in [4.78, 5) is 14.9. The van der Waals surface area contributed by atoms with Crippen LogP contribution in [0.4, 0.5) is 0 Å². The zero-order valence-electron chi connectivity index (χ0n) is 15.6. The summed E-state index contributed by atoms with van der Waals surface area (Å²) >= 11 is 0. The minimum atomic E-state index is -0.539. The fourth-order valence-electron chi connectivity index (χ4n) is 3.20. The van der Waals surface area contributed by atoms with E-state index in [0.717, 1.165) is 25.0 Å². The zero-order valence-corrected chi connectivity index (χ0v) is 15.6. The van der Waals surface area contributed by atoms with Crippen LogP contribution in [0.15, 0.2) is 54.6 Å². The molecule has 4 heteroatoms. The van der Waals surface area contributed by atoms with E-state index < -0.39 is 6.10 Å². The molecule has 0 aromatic heterocycles. The lowest BCUT2D eigenvalue weighted by Crippen LogP contribution is -2.43. The molecule has 1 fully saturated rings. The van der Waals surface area contributed by atoms with Crippen LogP contribution in [0.1, 0.15) is 30.9 Å². The van der Waals surface area contributed by atoms with E-state index in [4.69, 9.17) is 9.47 Å². The smallest absolute Gasteiger partial charge is 0.263 e. The number of hydrogen-bond acceptors (Lipinski definition) is 3. The third-order valence-electron chi connectivity index (χ3n) is 4.66. The van der Waals surface area contributed by atoms with Crippen molar-refractivity contribution >= 4 is 5.91 Å². The molecule has 1 heterocycles. The van der Waals surface area contributed by atoms with Crippen LogP contribution < -0.4 is 4.74 Å². The van der Waals surface area contributed by atoms with Gasteiger partial charge in [-0.15, -0.1) is 0 Å². The number of ether oxygens (including phenoxy) is 2. The van der Waals surface area contributed by atoms with E-state index in [1.807, 2.05) is 73.3 Å². The van der Waals surface area contributed by atoms with Crippen molar-refractivity contribution in [1.82, 2.24) is 4.90 Å². The van der Waals surface area contributed by atoms with Gasteiger partial charge in [-0.3, -0.25) is 4.79 Å². The fraction of sp³-hybridized carbons (Fsp3) is 0.409. The monoisotopic (exact) mass is 353 g/mol. The quantitative estimate of drug-likeness (QED) is 0.756. The highest BCUT2D eigenvalue weighted by atomic mass is 16.5. The van der Waals surface area contributed by atoms with E-state index in [1.165, 1.54) is 5.56 Å². The van der Waals surface area contributed by atoms with Crippen LogP contribution in [0.3, 0.4) is 0 Å². The summed E-state index contributed by atoms with van der Waals surface area (Å²) in [6, 6.07) is 17.8. The first-order chi connectivity index (χ1) is 12.6. The van der Waals surface area contributed by atoms with Crippen LogP contribution in [0, 0.1) is 6.92 Å². The maximum atomic E-state index is 13.1. The van der Waals surface area contributed by atoms with Crippen molar-refractivity contribution in [2.24, 2.45) is 0 Å². The molecule has 0 radical (unpaired) electrons. The van der Waals surface area contributed by atoms with Gasteiger partial charge >= 0.3 is 0 Å². The molecule has 2 atom stereocenters. The third kappa shape index (κ3) is 5.09. The third-order valence-corrected chi connectivity index (χ3v) is 4.66. The Morgan fingerprint density at radius 1 is 1.19 bits per heavy atom. The Labute approximate surface area is 155 Å². The van der Waals surface area contributed by atoms with Crippen LogP contribution >= 0.6 is 0 Å². The molecule has 2 aromatic rings. The average molecular weight is 353 g/mol. The van der Waals surface area contributed by atoms with Gasteiger partial charge in [-0.2, -0.15) is 0 Å². The lowest BCUT2D eigenvalue weighted by atomic mass is 10.1. The van der Waals surface area contributed by atoms with Crippen molar-refractivity contribution in [3.8, 4) is 5.75 Å². The number of rotatable bonds is 7. The Kier molecular flexibility index (Phi) is 6.29. The maximum Gasteiger partial charge on any atom is 0.263 e. The second-order valence-corrected chi connectivity index (χ2v) is 6.91. The number of aryl methyl sites for hydroxylation is 1.